The molecule has 5 heteroatoms. The molecule has 5 nitrogen and oxygen atoms in total. The van der Waals surface area contributed by atoms with Crippen molar-refractivity contribution in [3.8, 4) is 34.4 Å². The zero-order valence-electron chi connectivity index (χ0n) is 27.1. The van der Waals surface area contributed by atoms with Crippen LogP contribution in [-0.2, 0) is 0 Å². The van der Waals surface area contributed by atoms with Crippen molar-refractivity contribution in [3.05, 3.63) is 145 Å². The van der Waals surface area contributed by atoms with E-state index in [-0.39, 0.29) is 0 Å². The van der Waals surface area contributed by atoms with Crippen LogP contribution in [0.2, 0.25) is 0 Å². The summed E-state index contributed by atoms with van der Waals surface area (Å²) in [5.41, 5.74) is 9.06. The lowest BCUT2D eigenvalue weighted by molar-refractivity contribution is 0.483. The van der Waals surface area contributed by atoms with Crippen LogP contribution in [0.25, 0.3) is 55.7 Å². The Morgan fingerprint density at radius 2 is 1.23 bits per heavy atom. The van der Waals surface area contributed by atoms with Gasteiger partial charge in [0, 0.05) is 28.6 Å². The van der Waals surface area contributed by atoms with Crippen LogP contribution in [0.1, 0.15) is 50.7 Å². The minimum absolute atomic E-state index is 0.351. The van der Waals surface area contributed by atoms with E-state index in [4.69, 9.17) is 9.72 Å². The summed E-state index contributed by atoms with van der Waals surface area (Å²) in [7, 11) is 0. The molecule has 0 aliphatic heterocycles. The highest BCUT2D eigenvalue weighted by atomic mass is 16.5. The number of ether oxygens (including phenoxy) is 1. The van der Waals surface area contributed by atoms with E-state index >= 15 is 0 Å². The molecule has 0 amide bonds. The van der Waals surface area contributed by atoms with Crippen LogP contribution in [0.3, 0.4) is 0 Å². The fourth-order valence-electron chi connectivity index (χ4n) is 6.80. The molecule has 0 N–H and O–H groups in total. The van der Waals surface area contributed by atoms with Crippen molar-refractivity contribution in [2.75, 3.05) is 0 Å². The predicted octanol–water partition coefficient (Wildman–Crippen LogP) is 11.2. The predicted molar refractivity (Wildman–Crippen MR) is 193 cm³/mol. The van der Waals surface area contributed by atoms with Crippen LogP contribution in [0.5, 0.6) is 11.5 Å². The molecule has 47 heavy (non-hydrogen) atoms. The number of pyridine rings is 1. The molecule has 8 aromatic rings. The Labute approximate surface area is 274 Å². The van der Waals surface area contributed by atoms with Gasteiger partial charge in [-0.1, -0.05) is 94.4 Å². The average Bonchev–Trinajstić information content (AvgIpc) is 3.64. The van der Waals surface area contributed by atoms with Crippen LogP contribution in [0.4, 0.5) is 0 Å². The number of imidazole rings is 1. The topological polar surface area (TPSA) is 44.9 Å². The summed E-state index contributed by atoms with van der Waals surface area (Å²) in [6, 6.07) is 44.2. The second-order valence-corrected chi connectivity index (χ2v) is 12.7. The van der Waals surface area contributed by atoms with E-state index in [0.717, 1.165) is 56.2 Å². The summed E-state index contributed by atoms with van der Waals surface area (Å²) >= 11 is 0. The minimum atomic E-state index is 0.351. The zero-order valence-corrected chi connectivity index (χ0v) is 27.1. The lowest BCUT2D eigenvalue weighted by Crippen LogP contribution is -2.08. The summed E-state index contributed by atoms with van der Waals surface area (Å²) in [5.74, 6) is 3.99. The summed E-state index contributed by atoms with van der Waals surface area (Å²) in [4.78, 5) is 9.89. The van der Waals surface area contributed by atoms with Gasteiger partial charge in [-0.25, -0.2) is 9.97 Å². The van der Waals surface area contributed by atoms with Gasteiger partial charge < -0.3 is 4.74 Å². The quantitative estimate of drug-likeness (QED) is 0.180. The number of rotatable bonds is 7. The van der Waals surface area contributed by atoms with E-state index in [1.807, 2.05) is 36.5 Å². The van der Waals surface area contributed by atoms with Crippen molar-refractivity contribution in [1.29, 1.82) is 0 Å². The highest BCUT2D eigenvalue weighted by Gasteiger charge is 2.22. The fraction of sp³-hybridized carbons (Fsp3) is 0.143. The Morgan fingerprint density at radius 1 is 0.553 bits per heavy atom. The van der Waals surface area contributed by atoms with Crippen LogP contribution in [0.15, 0.2) is 134 Å². The van der Waals surface area contributed by atoms with Gasteiger partial charge >= 0.3 is 0 Å². The van der Waals surface area contributed by atoms with Gasteiger partial charge in [0.15, 0.2) is 0 Å². The van der Waals surface area contributed by atoms with Crippen LogP contribution >= 0.6 is 0 Å². The summed E-state index contributed by atoms with van der Waals surface area (Å²) in [6.45, 7) is 9.06. The first-order valence-corrected chi connectivity index (χ1v) is 16.3. The third-order valence-corrected chi connectivity index (χ3v) is 8.98. The first kappa shape index (κ1) is 28.8. The van der Waals surface area contributed by atoms with Crippen molar-refractivity contribution in [2.24, 2.45) is 0 Å². The summed E-state index contributed by atoms with van der Waals surface area (Å²) in [6.07, 6.45) is 1.83. The number of fused-ring (bicyclic) bond motifs is 4. The molecule has 3 aromatic heterocycles. The molecule has 0 saturated carbocycles. The lowest BCUT2D eigenvalue weighted by Gasteiger charge is -2.22. The maximum atomic E-state index is 6.61. The molecule has 3 heterocycles. The average molecular weight is 613 g/mol. The zero-order chi connectivity index (χ0) is 32.1. The van der Waals surface area contributed by atoms with E-state index in [1.54, 1.807) is 0 Å². The highest BCUT2D eigenvalue weighted by Crippen LogP contribution is 2.39. The van der Waals surface area contributed by atoms with E-state index in [1.165, 1.54) is 22.2 Å². The summed E-state index contributed by atoms with van der Waals surface area (Å²) in [5, 5.41) is 2.34. The van der Waals surface area contributed by atoms with Crippen molar-refractivity contribution >= 4 is 32.8 Å². The first-order valence-electron chi connectivity index (χ1n) is 16.3. The van der Waals surface area contributed by atoms with Crippen molar-refractivity contribution in [1.82, 2.24) is 19.1 Å². The molecule has 0 radical (unpaired) electrons. The third-order valence-electron chi connectivity index (χ3n) is 8.98. The van der Waals surface area contributed by atoms with Crippen LogP contribution < -0.4 is 4.74 Å². The molecule has 0 atom stereocenters. The lowest BCUT2D eigenvalue weighted by atomic mass is 9.92. The Balaban J connectivity index is 1.26. The van der Waals surface area contributed by atoms with Crippen molar-refractivity contribution in [3.63, 3.8) is 0 Å². The normalized spacial score (nSPS) is 11.8. The van der Waals surface area contributed by atoms with E-state index in [2.05, 4.69) is 139 Å². The van der Waals surface area contributed by atoms with E-state index in [9.17, 15) is 0 Å². The van der Waals surface area contributed by atoms with Gasteiger partial charge in [0.2, 0.25) is 0 Å². The Hall–Kier alpha value is -5.68. The molecule has 230 valence electrons. The van der Waals surface area contributed by atoms with Gasteiger partial charge in [0.25, 0.3) is 0 Å². The second kappa shape index (κ2) is 11.6. The first-order chi connectivity index (χ1) is 23.0. The molecule has 0 bridgehead atoms. The van der Waals surface area contributed by atoms with Gasteiger partial charge in [-0.3, -0.25) is 9.13 Å². The number of benzene rings is 5. The van der Waals surface area contributed by atoms with Gasteiger partial charge in [-0.15, -0.1) is 0 Å². The molecular formula is C42H36N4O. The number of hydrogen-bond donors (Lipinski definition) is 0. The molecule has 8 rings (SSSR count). The Morgan fingerprint density at radius 3 is 2.00 bits per heavy atom. The molecule has 0 fully saturated rings. The van der Waals surface area contributed by atoms with Crippen molar-refractivity contribution in [2.45, 2.75) is 39.5 Å². The van der Waals surface area contributed by atoms with Gasteiger partial charge in [-0.2, -0.15) is 0 Å². The highest BCUT2D eigenvalue weighted by molar-refractivity contribution is 6.09. The second-order valence-electron chi connectivity index (χ2n) is 12.7. The molecule has 0 aliphatic carbocycles. The van der Waals surface area contributed by atoms with E-state index in [0.29, 0.717) is 11.8 Å². The van der Waals surface area contributed by atoms with Crippen LogP contribution in [-0.4, -0.2) is 19.1 Å². The molecule has 5 aromatic carbocycles. The Kier molecular flexibility index (Phi) is 7.10. The Bertz CT molecular complexity index is 2370. The molecule has 0 spiro atoms. The standard InChI is InChI=1S/C42H36N4O/c1-27(2)32-16-12-17-33(28(3)4)41(32)46-38-20-8-6-18-36(38)44-42(46)29-13-11-14-30(25-29)47-31-22-23-35-34-15-5-7-19-37(34)45(39(35)26-31)40-21-9-10-24-43-40/h5-28H,1-4H3. The molecule has 0 saturated heterocycles. The molecular weight excluding hydrogens is 576 g/mol. The largest absolute Gasteiger partial charge is 0.457 e. The van der Waals surface area contributed by atoms with Gasteiger partial charge in [-0.05, 0) is 77.6 Å². The molecule has 0 unspecified atom stereocenters. The third kappa shape index (κ3) is 4.95. The SMILES string of the molecule is CC(C)c1cccc(C(C)C)c1-n1c(-c2cccc(Oc3ccc4c5ccccc5n(-c5ccccn5)c4c3)c2)nc2ccccc21. The maximum absolute atomic E-state index is 6.61. The van der Waals surface area contributed by atoms with Gasteiger partial charge in [0.05, 0.1) is 27.8 Å². The number of hydrogen-bond acceptors (Lipinski definition) is 3. The number of nitrogens with zero attached hydrogens (tertiary/aromatic N) is 4. The van der Waals surface area contributed by atoms with Crippen LogP contribution in [0, 0.1) is 0 Å². The smallest absolute Gasteiger partial charge is 0.145 e. The molecule has 0 aliphatic rings. The minimum Gasteiger partial charge on any atom is -0.457 e. The monoisotopic (exact) mass is 612 g/mol. The van der Waals surface area contributed by atoms with E-state index < -0.39 is 0 Å². The summed E-state index contributed by atoms with van der Waals surface area (Å²) < 4.78 is 11.2. The fourth-order valence-corrected chi connectivity index (χ4v) is 6.80. The van der Waals surface area contributed by atoms with Crippen molar-refractivity contribution < 1.29 is 4.74 Å². The number of para-hydroxylation sites is 4. The van der Waals surface area contributed by atoms with Gasteiger partial charge in [0.1, 0.15) is 23.1 Å². The number of aromatic nitrogens is 4. The maximum Gasteiger partial charge on any atom is 0.145 e.